The molecule has 2 fully saturated rings. The third-order valence-electron chi connectivity index (χ3n) is 5.27. The molecule has 2 saturated heterocycles. The number of nitrogens with zero attached hydrogens (tertiary/aromatic N) is 3. The number of aromatic nitrogens is 1. The number of ether oxygens (including phenoxy) is 1. The van der Waals surface area contributed by atoms with Gasteiger partial charge in [0.25, 0.3) is 11.8 Å². The minimum atomic E-state index is -0.535. The van der Waals surface area contributed by atoms with Gasteiger partial charge in [0.15, 0.2) is 0 Å². The van der Waals surface area contributed by atoms with Crippen LogP contribution in [0.1, 0.15) is 33.6 Å². The zero-order chi connectivity index (χ0) is 20.2. The van der Waals surface area contributed by atoms with Crippen LogP contribution in [-0.4, -0.2) is 61.1 Å². The molecule has 0 unspecified atom stereocenters. The van der Waals surface area contributed by atoms with Gasteiger partial charge in [-0.15, -0.1) is 0 Å². The predicted octanol–water partition coefficient (Wildman–Crippen LogP) is 2.00. The predicted molar refractivity (Wildman–Crippen MR) is 111 cm³/mol. The fourth-order valence-corrected chi connectivity index (χ4v) is 3.65. The molecule has 152 valence electrons. The van der Waals surface area contributed by atoms with Crippen molar-refractivity contribution in [2.24, 2.45) is 5.73 Å². The van der Waals surface area contributed by atoms with Crippen molar-refractivity contribution in [1.29, 1.82) is 0 Å². The van der Waals surface area contributed by atoms with Gasteiger partial charge in [0.2, 0.25) is 0 Å². The second-order valence-corrected chi connectivity index (χ2v) is 7.23. The number of nitrogens with one attached hydrogen (secondary N) is 1. The van der Waals surface area contributed by atoms with Crippen LogP contribution in [0.2, 0.25) is 0 Å². The van der Waals surface area contributed by atoms with E-state index < -0.39 is 5.91 Å². The standard InChI is InChI=1S/C21H25N5O3/c22-19(27)17-7-8-18(25-9-1-2-10-25)24-20(17)23-16-5-3-15(4-6-16)21(28)26-11-13-29-14-12-26/h3-8H,1-2,9-14H2,(H2,22,27)(H,23,24). The highest BCUT2D eigenvalue weighted by molar-refractivity contribution is 5.99. The smallest absolute Gasteiger partial charge is 0.254 e. The van der Waals surface area contributed by atoms with E-state index in [0.29, 0.717) is 43.2 Å². The summed E-state index contributed by atoms with van der Waals surface area (Å²) in [6.45, 7) is 4.27. The van der Waals surface area contributed by atoms with E-state index in [2.05, 4.69) is 15.2 Å². The fourth-order valence-electron chi connectivity index (χ4n) is 3.65. The molecular weight excluding hydrogens is 370 g/mol. The topological polar surface area (TPSA) is 101 Å². The minimum Gasteiger partial charge on any atom is -0.378 e. The molecular formula is C21H25N5O3. The minimum absolute atomic E-state index is 0.00756. The molecule has 1 aromatic carbocycles. The second-order valence-electron chi connectivity index (χ2n) is 7.23. The molecule has 3 heterocycles. The maximum absolute atomic E-state index is 12.6. The summed E-state index contributed by atoms with van der Waals surface area (Å²) >= 11 is 0. The van der Waals surface area contributed by atoms with Gasteiger partial charge in [0.1, 0.15) is 11.6 Å². The Morgan fingerprint density at radius 3 is 2.31 bits per heavy atom. The Bertz CT molecular complexity index is 888. The number of primary amides is 1. The average molecular weight is 395 g/mol. The number of amides is 2. The monoisotopic (exact) mass is 395 g/mol. The number of pyridine rings is 1. The average Bonchev–Trinajstić information content (AvgIpc) is 3.29. The van der Waals surface area contributed by atoms with Gasteiger partial charge in [-0.25, -0.2) is 4.98 Å². The number of anilines is 3. The largest absolute Gasteiger partial charge is 0.378 e. The van der Waals surface area contributed by atoms with Gasteiger partial charge < -0.3 is 25.6 Å². The summed E-state index contributed by atoms with van der Waals surface area (Å²) in [7, 11) is 0. The summed E-state index contributed by atoms with van der Waals surface area (Å²) in [6.07, 6.45) is 2.28. The number of morpholine rings is 1. The summed E-state index contributed by atoms with van der Waals surface area (Å²) in [6, 6.07) is 10.7. The van der Waals surface area contributed by atoms with E-state index in [-0.39, 0.29) is 5.91 Å². The van der Waals surface area contributed by atoms with Crippen LogP contribution in [0.15, 0.2) is 36.4 Å². The quantitative estimate of drug-likeness (QED) is 0.803. The van der Waals surface area contributed by atoms with Crippen molar-refractivity contribution in [1.82, 2.24) is 9.88 Å². The van der Waals surface area contributed by atoms with Crippen LogP contribution in [0.5, 0.6) is 0 Å². The van der Waals surface area contributed by atoms with Crippen molar-refractivity contribution < 1.29 is 14.3 Å². The van der Waals surface area contributed by atoms with Crippen LogP contribution >= 0.6 is 0 Å². The second kappa shape index (κ2) is 8.48. The van der Waals surface area contributed by atoms with Crippen molar-refractivity contribution in [3.8, 4) is 0 Å². The Balaban J connectivity index is 1.52. The normalized spacial score (nSPS) is 16.7. The van der Waals surface area contributed by atoms with Crippen molar-refractivity contribution in [3.05, 3.63) is 47.5 Å². The van der Waals surface area contributed by atoms with Gasteiger partial charge in [-0.1, -0.05) is 0 Å². The summed E-state index contributed by atoms with van der Waals surface area (Å²) in [4.78, 5) is 33.0. The van der Waals surface area contributed by atoms with E-state index in [1.807, 2.05) is 18.2 Å². The Morgan fingerprint density at radius 1 is 0.966 bits per heavy atom. The molecule has 3 N–H and O–H groups in total. The highest BCUT2D eigenvalue weighted by Gasteiger charge is 2.19. The highest BCUT2D eigenvalue weighted by Crippen LogP contribution is 2.25. The van der Waals surface area contributed by atoms with Crippen molar-refractivity contribution in [2.45, 2.75) is 12.8 Å². The Morgan fingerprint density at radius 2 is 1.66 bits per heavy atom. The van der Waals surface area contributed by atoms with E-state index in [4.69, 9.17) is 10.5 Å². The number of carbonyl (C=O) groups excluding carboxylic acids is 2. The molecule has 0 radical (unpaired) electrons. The first kappa shape index (κ1) is 19.2. The van der Waals surface area contributed by atoms with Gasteiger partial charge in [0, 0.05) is 37.4 Å². The van der Waals surface area contributed by atoms with Crippen molar-refractivity contribution in [3.63, 3.8) is 0 Å². The lowest BCUT2D eigenvalue weighted by Crippen LogP contribution is -2.40. The number of benzene rings is 1. The molecule has 2 amide bonds. The third-order valence-corrected chi connectivity index (χ3v) is 5.27. The first-order valence-corrected chi connectivity index (χ1v) is 9.92. The van der Waals surface area contributed by atoms with Gasteiger partial charge in [-0.05, 0) is 49.2 Å². The molecule has 8 nitrogen and oxygen atoms in total. The molecule has 8 heteroatoms. The number of carbonyl (C=O) groups is 2. The number of rotatable bonds is 5. The maximum atomic E-state index is 12.6. The maximum Gasteiger partial charge on any atom is 0.254 e. The summed E-state index contributed by atoms with van der Waals surface area (Å²) in [5.41, 5.74) is 7.21. The van der Waals surface area contributed by atoms with E-state index in [9.17, 15) is 9.59 Å². The van der Waals surface area contributed by atoms with Crippen LogP contribution in [0, 0.1) is 0 Å². The molecule has 29 heavy (non-hydrogen) atoms. The number of nitrogens with two attached hydrogens (primary N) is 1. The number of hydrogen-bond donors (Lipinski definition) is 2. The third kappa shape index (κ3) is 4.32. The molecule has 0 saturated carbocycles. The molecule has 0 atom stereocenters. The fraction of sp³-hybridized carbons (Fsp3) is 0.381. The van der Waals surface area contributed by atoms with E-state index in [0.717, 1.165) is 37.4 Å². The lowest BCUT2D eigenvalue weighted by atomic mass is 10.1. The molecule has 0 bridgehead atoms. The molecule has 2 aromatic rings. The first-order chi connectivity index (χ1) is 14.1. The van der Waals surface area contributed by atoms with Crippen LogP contribution in [-0.2, 0) is 4.74 Å². The van der Waals surface area contributed by atoms with E-state index >= 15 is 0 Å². The lowest BCUT2D eigenvalue weighted by molar-refractivity contribution is 0.0303. The lowest BCUT2D eigenvalue weighted by Gasteiger charge is -2.26. The van der Waals surface area contributed by atoms with E-state index in [1.165, 1.54) is 0 Å². The molecule has 1 aromatic heterocycles. The Kier molecular flexibility index (Phi) is 5.62. The van der Waals surface area contributed by atoms with Gasteiger partial charge in [-0.2, -0.15) is 0 Å². The molecule has 0 spiro atoms. The van der Waals surface area contributed by atoms with Crippen LogP contribution in [0.3, 0.4) is 0 Å². The van der Waals surface area contributed by atoms with Crippen LogP contribution in [0.25, 0.3) is 0 Å². The zero-order valence-corrected chi connectivity index (χ0v) is 16.3. The summed E-state index contributed by atoms with van der Waals surface area (Å²) in [5, 5.41) is 3.18. The summed E-state index contributed by atoms with van der Waals surface area (Å²) in [5.74, 6) is 0.710. The first-order valence-electron chi connectivity index (χ1n) is 9.92. The highest BCUT2D eigenvalue weighted by atomic mass is 16.5. The molecule has 2 aliphatic rings. The van der Waals surface area contributed by atoms with Crippen molar-refractivity contribution >= 4 is 29.1 Å². The summed E-state index contributed by atoms with van der Waals surface area (Å²) < 4.78 is 5.30. The van der Waals surface area contributed by atoms with Crippen LogP contribution in [0.4, 0.5) is 17.3 Å². The molecule has 0 aliphatic carbocycles. The molecule has 2 aliphatic heterocycles. The Labute approximate surface area is 169 Å². The van der Waals surface area contributed by atoms with Gasteiger partial charge >= 0.3 is 0 Å². The van der Waals surface area contributed by atoms with E-state index in [1.54, 1.807) is 23.1 Å². The van der Waals surface area contributed by atoms with Gasteiger partial charge in [0.05, 0.1) is 18.8 Å². The van der Waals surface area contributed by atoms with Crippen LogP contribution < -0.4 is 16.0 Å². The Hall–Kier alpha value is -3.13. The number of hydrogen-bond acceptors (Lipinski definition) is 6. The van der Waals surface area contributed by atoms with Crippen molar-refractivity contribution in [2.75, 3.05) is 49.6 Å². The zero-order valence-electron chi connectivity index (χ0n) is 16.3. The van der Waals surface area contributed by atoms with Gasteiger partial charge in [-0.3, -0.25) is 9.59 Å². The molecule has 4 rings (SSSR count). The SMILES string of the molecule is NC(=O)c1ccc(N2CCCC2)nc1Nc1ccc(C(=O)N2CCOCC2)cc1.